The van der Waals surface area contributed by atoms with Gasteiger partial charge in [0, 0.05) is 31.1 Å². The zero-order valence-corrected chi connectivity index (χ0v) is 12.9. The van der Waals surface area contributed by atoms with Gasteiger partial charge in [0.05, 0.1) is 5.69 Å². The molecule has 3 nitrogen and oxygen atoms in total. The molecular formula is C16H21N3S. The van der Waals surface area contributed by atoms with Crippen LogP contribution in [0, 0.1) is 6.92 Å². The van der Waals surface area contributed by atoms with Gasteiger partial charge in [-0.15, -0.1) is 11.3 Å². The second kappa shape index (κ2) is 5.94. The molecule has 1 N–H and O–H groups in total. The lowest BCUT2D eigenvalue weighted by Gasteiger charge is -2.15. The number of hydrogen-bond acceptors (Lipinski definition) is 4. The van der Waals surface area contributed by atoms with E-state index in [0.717, 1.165) is 30.0 Å². The molecule has 1 aromatic heterocycles. The summed E-state index contributed by atoms with van der Waals surface area (Å²) in [6.07, 6.45) is 2.66. The molecule has 1 saturated carbocycles. The van der Waals surface area contributed by atoms with Gasteiger partial charge in [-0.3, -0.25) is 0 Å². The van der Waals surface area contributed by atoms with Crippen molar-refractivity contribution in [2.24, 2.45) is 0 Å². The zero-order valence-electron chi connectivity index (χ0n) is 12.1. The van der Waals surface area contributed by atoms with Gasteiger partial charge in [-0.25, -0.2) is 4.98 Å². The normalized spacial score (nSPS) is 14.5. The highest BCUT2D eigenvalue weighted by molar-refractivity contribution is 7.15. The van der Waals surface area contributed by atoms with Crippen molar-refractivity contribution < 1.29 is 0 Å². The monoisotopic (exact) mass is 287 g/mol. The van der Waals surface area contributed by atoms with Gasteiger partial charge in [0.2, 0.25) is 0 Å². The van der Waals surface area contributed by atoms with E-state index in [4.69, 9.17) is 4.98 Å². The summed E-state index contributed by atoms with van der Waals surface area (Å²) in [4.78, 5) is 8.31. The van der Waals surface area contributed by atoms with Crippen LogP contribution in [0.15, 0.2) is 30.3 Å². The third-order valence-electron chi connectivity index (χ3n) is 3.60. The Morgan fingerprint density at radius 2 is 2.05 bits per heavy atom. The minimum Gasteiger partial charge on any atom is -0.347 e. The first-order chi connectivity index (χ1) is 9.72. The van der Waals surface area contributed by atoms with Crippen LogP contribution in [-0.4, -0.2) is 18.1 Å². The predicted octanol–water partition coefficient (Wildman–Crippen LogP) is 3.34. The van der Waals surface area contributed by atoms with Gasteiger partial charge in [0.1, 0.15) is 0 Å². The number of nitrogens with one attached hydrogen (secondary N) is 1. The molecule has 3 rings (SSSR count). The van der Waals surface area contributed by atoms with Crippen LogP contribution >= 0.6 is 11.3 Å². The summed E-state index contributed by atoms with van der Waals surface area (Å²) in [5, 5.41) is 4.68. The topological polar surface area (TPSA) is 28.2 Å². The first-order valence-electron chi connectivity index (χ1n) is 7.17. The average molecular weight is 287 g/mol. The van der Waals surface area contributed by atoms with E-state index in [1.807, 2.05) is 11.3 Å². The summed E-state index contributed by atoms with van der Waals surface area (Å²) < 4.78 is 0. The first-order valence-corrected chi connectivity index (χ1v) is 7.99. The molecule has 4 heteroatoms. The lowest BCUT2D eigenvalue weighted by Crippen LogP contribution is -2.16. The number of nitrogens with zero attached hydrogens (tertiary/aromatic N) is 2. The summed E-state index contributed by atoms with van der Waals surface area (Å²) in [5.74, 6) is 0. The van der Waals surface area contributed by atoms with Crippen LogP contribution in [0.25, 0.3) is 0 Å². The fourth-order valence-electron chi connectivity index (χ4n) is 2.19. The van der Waals surface area contributed by atoms with Crippen LogP contribution in [-0.2, 0) is 13.1 Å². The lowest BCUT2D eigenvalue weighted by molar-refractivity contribution is 0.691. The number of benzene rings is 1. The number of hydrogen-bond donors (Lipinski definition) is 1. The maximum Gasteiger partial charge on any atom is 0.185 e. The van der Waals surface area contributed by atoms with Crippen LogP contribution in [0.5, 0.6) is 0 Å². The van der Waals surface area contributed by atoms with E-state index in [1.54, 1.807) is 0 Å². The molecule has 0 atom stereocenters. The highest BCUT2D eigenvalue weighted by Crippen LogP contribution is 2.27. The fourth-order valence-corrected chi connectivity index (χ4v) is 3.16. The van der Waals surface area contributed by atoms with Gasteiger partial charge >= 0.3 is 0 Å². The van der Waals surface area contributed by atoms with Gasteiger partial charge in [-0.05, 0) is 25.3 Å². The molecule has 1 fully saturated rings. The van der Waals surface area contributed by atoms with Crippen molar-refractivity contribution in [3.05, 3.63) is 46.5 Å². The Morgan fingerprint density at radius 3 is 2.75 bits per heavy atom. The number of aryl methyl sites for hydroxylation is 1. The van der Waals surface area contributed by atoms with Crippen molar-refractivity contribution in [3.63, 3.8) is 0 Å². The van der Waals surface area contributed by atoms with Crippen LogP contribution in [0.1, 0.15) is 29.0 Å². The number of thiazole rings is 1. The van der Waals surface area contributed by atoms with Gasteiger partial charge < -0.3 is 10.2 Å². The molecule has 0 amide bonds. The Bertz CT molecular complexity index is 560. The molecule has 1 aliphatic carbocycles. The Hall–Kier alpha value is -1.39. The molecule has 20 heavy (non-hydrogen) atoms. The molecule has 0 aliphatic heterocycles. The van der Waals surface area contributed by atoms with E-state index in [1.165, 1.54) is 23.3 Å². The molecule has 2 aromatic rings. The van der Waals surface area contributed by atoms with E-state index in [2.05, 4.69) is 54.5 Å². The highest BCUT2D eigenvalue weighted by Gasteiger charge is 2.21. The largest absolute Gasteiger partial charge is 0.347 e. The number of rotatable bonds is 6. The quantitative estimate of drug-likeness (QED) is 0.883. The molecule has 0 radical (unpaired) electrons. The molecular weight excluding hydrogens is 266 g/mol. The predicted molar refractivity (Wildman–Crippen MR) is 85.3 cm³/mol. The Labute approximate surface area is 124 Å². The van der Waals surface area contributed by atoms with Crippen molar-refractivity contribution in [1.82, 2.24) is 10.3 Å². The summed E-state index contributed by atoms with van der Waals surface area (Å²) >= 11 is 1.81. The molecule has 1 heterocycles. The van der Waals surface area contributed by atoms with Crippen LogP contribution < -0.4 is 10.2 Å². The van der Waals surface area contributed by atoms with Crippen molar-refractivity contribution in [1.29, 1.82) is 0 Å². The Kier molecular flexibility index (Phi) is 4.03. The van der Waals surface area contributed by atoms with E-state index < -0.39 is 0 Å². The summed E-state index contributed by atoms with van der Waals surface area (Å²) in [6.45, 7) is 3.98. The van der Waals surface area contributed by atoms with Crippen molar-refractivity contribution >= 4 is 16.5 Å². The minimum absolute atomic E-state index is 0.752. The summed E-state index contributed by atoms with van der Waals surface area (Å²) in [7, 11) is 2.11. The SMILES string of the molecule is Cc1nc(N(C)Cc2ccccc2)sc1CNC1CC1. The van der Waals surface area contributed by atoms with Gasteiger partial charge in [-0.2, -0.15) is 0 Å². The smallest absolute Gasteiger partial charge is 0.185 e. The van der Waals surface area contributed by atoms with E-state index >= 15 is 0 Å². The van der Waals surface area contributed by atoms with Crippen molar-refractivity contribution in [2.45, 2.75) is 38.9 Å². The molecule has 1 aromatic carbocycles. The highest BCUT2D eigenvalue weighted by atomic mass is 32.1. The maximum absolute atomic E-state index is 4.71. The molecule has 0 spiro atoms. The third kappa shape index (κ3) is 3.38. The van der Waals surface area contributed by atoms with Crippen LogP contribution in [0.2, 0.25) is 0 Å². The Balaban J connectivity index is 1.64. The third-order valence-corrected chi connectivity index (χ3v) is 4.87. The number of aromatic nitrogens is 1. The second-order valence-corrected chi connectivity index (χ2v) is 6.56. The zero-order chi connectivity index (χ0) is 13.9. The lowest BCUT2D eigenvalue weighted by atomic mass is 10.2. The second-order valence-electron chi connectivity index (χ2n) is 5.50. The average Bonchev–Trinajstić information content (AvgIpc) is 3.20. The van der Waals surface area contributed by atoms with E-state index in [-0.39, 0.29) is 0 Å². The molecule has 0 saturated heterocycles. The summed E-state index contributed by atoms with van der Waals surface area (Å²) in [6, 6.07) is 11.3. The van der Waals surface area contributed by atoms with Crippen LogP contribution in [0.3, 0.4) is 0 Å². The van der Waals surface area contributed by atoms with Gasteiger partial charge in [0.25, 0.3) is 0 Å². The number of anilines is 1. The fraction of sp³-hybridized carbons (Fsp3) is 0.438. The molecule has 106 valence electrons. The minimum atomic E-state index is 0.752. The van der Waals surface area contributed by atoms with Gasteiger partial charge in [0.15, 0.2) is 5.13 Å². The summed E-state index contributed by atoms with van der Waals surface area (Å²) in [5.41, 5.74) is 2.48. The maximum atomic E-state index is 4.71. The van der Waals surface area contributed by atoms with Gasteiger partial charge in [-0.1, -0.05) is 30.3 Å². The standard InChI is InChI=1S/C16H21N3S/c1-12-15(10-17-14-8-9-14)20-16(18-12)19(2)11-13-6-4-3-5-7-13/h3-7,14,17H,8-11H2,1-2H3. The first kappa shape index (κ1) is 13.6. The molecule has 0 bridgehead atoms. The van der Waals surface area contributed by atoms with Crippen molar-refractivity contribution in [2.75, 3.05) is 11.9 Å². The van der Waals surface area contributed by atoms with E-state index in [9.17, 15) is 0 Å². The molecule has 0 unspecified atom stereocenters. The van der Waals surface area contributed by atoms with Crippen LogP contribution in [0.4, 0.5) is 5.13 Å². The Morgan fingerprint density at radius 1 is 1.30 bits per heavy atom. The van der Waals surface area contributed by atoms with E-state index in [0.29, 0.717) is 0 Å². The molecule has 1 aliphatic rings. The van der Waals surface area contributed by atoms with Crippen molar-refractivity contribution in [3.8, 4) is 0 Å².